The minimum atomic E-state index is -0.522. The highest BCUT2D eigenvalue weighted by Crippen LogP contribution is 2.20. The smallest absolute Gasteiger partial charge is 0.253 e. The lowest BCUT2D eigenvalue weighted by atomic mass is 10.1. The summed E-state index contributed by atoms with van der Waals surface area (Å²) in [5.41, 5.74) is 0.199. The molecule has 2 aromatic rings. The van der Waals surface area contributed by atoms with Crippen molar-refractivity contribution in [2.45, 2.75) is 20.3 Å². The SMILES string of the molecule is CC(C)Cc1nnc(NC(=O)CNC(=O)CNC(=O)c2ccc(Cl)cc2Cl)s1. The van der Waals surface area contributed by atoms with Crippen LogP contribution >= 0.6 is 34.5 Å². The van der Waals surface area contributed by atoms with Crippen molar-refractivity contribution in [3.8, 4) is 0 Å². The summed E-state index contributed by atoms with van der Waals surface area (Å²) in [6.07, 6.45) is 0.779. The van der Waals surface area contributed by atoms with Crippen LogP contribution in [-0.2, 0) is 16.0 Å². The fourth-order valence-electron chi connectivity index (χ4n) is 2.07. The maximum absolute atomic E-state index is 12.0. The molecule has 1 aromatic carbocycles. The maximum atomic E-state index is 12.0. The molecule has 0 spiro atoms. The van der Waals surface area contributed by atoms with Crippen molar-refractivity contribution in [1.29, 1.82) is 0 Å². The summed E-state index contributed by atoms with van der Waals surface area (Å²) in [5, 5.41) is 17.1. The van der Waals surface area contributed by atoms with Crippen LogP contribution in [0.5, 0.6) is 0 Å². The predicted octanol–water partition coefficient (Wildman–Crippen LogP) is 2.53. The third-order valence-corrected chi connectivity index (χ3v) is 4.74. The second-order valence-corrected chi connectivity index (χ2v) is 8.14. The average Bonchev–Trinajstić information content (AvgIpc) is 3.03. The van der Waals surface area contributed by atoms with Crippen molar-refractivity contribution in [3.05, 3.63) is 38.8 Å². The summed E-state index contributed by atoms with van der Waals surface area (Å²) < 4.78 is 0. The minimum Gasteiger partial charge on any atom is -0.345 e. The van der Waals surface area contributed by atoms with Crippen LogP contribution in [0.3, 0.4) is 0 Å². The Morgan fingerprint density at radius 2 is 1.79 bits per heavy atom. The maximum Gasteiger partial charge on any atom is 0.253 e. The van der Waals surface area contributed by atoms with Crippen LogP contribution in [0.15, 0.2) is 18.2 Å². The number of anilines is 1. The molecule has 1 aromatic heterocycles. The number of halogens is 2. The average molecular weight is 444 g/mol. The van der Waals surface area contributed by atoms with Crippen molar-refractivity contribution in [1.82, 2.24) is 20.8 Å². The molecule has 3 amide bonds. The van der Waals surface area contributed by atoms with Gasteiger partial charge in [0.1, 0.15) is 5.01 Å². The van der Waals surface area contributed by atoms with E-state index in [1.165, 1.54) is 29.5 Å². The van der Waals surface area contributed by atoms with Crippen LogP contribution in [-0.4, -0.2) is 41.0 Å². The van der Waals surface area contributed by atoms with Crippen molar-refractivity contribution in [2.24, 2.45) is 5.92 Å². The van der Waals surface area contributed by atoms with Crippen LogP contribution in [0.1, 0.15) is 29.2 Å². The van der Waals surface area contributed by atoms with E-state index in [-0.39, 0.29) is 23.7 Å². The summed E-state index contributed by atoms with van der Waals surface area (Å²) in [7, 11) is 0. The first kappa shape index (κ1) is 22.1. The van der Waals surface area contributed by atoms with Crippen LogP contribution < -0.4 is 16.0 Å². The first-order valence-electron chi connectivity index (χ1n) is 8.36. The Hall–Kier alpha value is -2.23. The molecule has 3 N–H and O–H groups in total. The van der Waals surface area contributed by atoms with Crippen LogP contribution in [0.2, 0.25) is 10.0 Å². The number of carbonyl (C=O) groups excluding carboxylic acids is 3. The molecule has 1 heterocycles. The molecule has 0 aliphatic heterocycles. The summed E-state index contributed by atoms with van der Waals surface area (Å²) in [6, 6.07) is 4.41. The first-order chi connectivity index (χ1) is 13.2. The van der Waals surface area contributed by atoms with Crippen LogP contribution in [0.25, 0.3) is 0 Å². The van der Waals surface area contributed by atoms with Crippen LogP contribution in [0, 0.1) is 5.92 Å². The summed E-state index contributed by atoms with van der Waals surface area (Å²) in [5.74, 6) is -1.04. The zero-order chi connectivity index (χ0) is 20.7. The number of carbonyl (C=O) groups is 3. The molecule has 150 valence electrons. The highest BCUT2D eigenvalue weighted by atomic mass is 35.5. The largest absolute Gasteiger partial charge is 0.345 e. The quantitative estimate of drug-likeness (QED) is 0.579. The van der Waals surface area contributed by atoms with Gasteiger partial charge in [-0.3, -0.25) is 19.7 Å². The van der Waals surface area contributed by atoms with Gasteiger partial charge in [0.25, 0.3) is 5.91 Å². The number of hydrogen-bond donors (Lipinski definition) is 3. The standard InChI is InChI=1S/C17H19Cl2N5O3S/c1-9(2)5-15-23-24-17(28-15)22-14(26)8-20-13(25)7-21-16(27)11-4-3-10(18)6-12(11)19/h3-4,6,9H,5,7-8H2,1-2H3,(H,20,25)(H,21,27)(H,22,24,26). The van der Waals surface area contributed by atoms with Gasteiger partial charge in [-0.15, -0.1) is 10.2 Å². The van der Waals surface area contributed by atoms with Crippen molar-refractivity contribution in [2.75, 3.05) is 18.4 Å². The molecule has 0 atom stereocenters. The zero-order valence-corrected chi connectivity index (χ0v) is 17.5. The minimum absolute atomic E-state index is 0.179. The molecule has 0 aliphatic rings. The highest BCUT2D eigenvalue weighted by molar-refractivity contribution is 7.15. The number of amides is 3. The van der Waals surface area contributed by atoms with Gasteiger partial charge in [-0.05, 0) is 24.1 Å². The molecule has 0 aliphatic carbocycles. The van der Waals surface area contributed by atoms with Gasteiger partial charge < -0.3 is 10.6 Å². The summed E-state index contributed by atoms with van der Waals surface area (Å²) >= 11 is 13.0. The molecular weight excluding hydrogens is 425 g/mol. The molecule has 11 heteroatoms. The molecule has 28 heavy (non-hydrogen) atoms. The van der Waals surface area contributed by atoms with Gasteiger partial charge in [0.05, 0.1) is 23.7 Å². The predicted molar refractivity (Wildman–Crippen MR) is 109 cm³/mol. The van der Waals surface area contributed by atoms with Gasteiger partial charge in [-0.1, -0.05) is 48.4 Å². The number of nitrogens with zero attached hydrogens (tertiary/aromatic N) is 2. The van der Waals surface area contributed by atoms with E-state index in [0.29, 0.717) is 16.1 Å². The molecule has 0 radical (unpaired) electrons. The summed E-state index contributed by atoms with van der Waals surface area (Å²) in [4.78, 5) is 35.7. The van der Waals surface area contributed by atoms with Crippen molar-refractivity contribution in [3.63, 3.8) is 0 Å². The van der Waals surface area contributed by atoms with Gasteiger partial charge in [-0.2, -0.15) is 0 Å². The normalized spacial score (nSPS) is 10.6. The van der Waals surface area contributed by atoms with E-state index < -0.39 is 17.7 Å². The Bertz CT molecular complexity index is 872. The zero-order valence-electron chi connectivity index (χ0n) is 15.2. The number of benzene rings is 1. The van der Waals surface area contributed by atoms with E-state index in [4.69, 9.17) is 23.2 Å². The molecule has 0 unspecified atom stereocenters. The molecule has 0 bridgehead atoms. The number of nitrogens with one attached hydrogen (secondary N) is 3. The van der Waals surface area contributed by atoms with Crippen LogP contribution in [0.4, 0.5) is 5.13 Å². The fraction of sp³-hybridized carbons (Fsp3) is 0.353. The van der Waals surface area contributed by atoms with Gasteiger partial charge in [0, 0.05) is 11.4 Å². The molecule has 8 nitrogen and oxygen atoms in total. The van der Waals surface area contributed by atoms with Crippen molar-refractivity contribution >= 4 is 57.4 Å². The van der Waals surface area contributed by atoms with E-state index in [2.05, 4.69) is 40.0 Å². The van der Waals surface area contributed by atoms with E-state index >= 15 is 0 Å². The lowest BCUT2D eigenvalue weighted by Crippen LogP contribution is -2.40. The fourth-order valence-corrected chi connectivity index (χ4v) is 3.53. The van der Waals surface area contributed by atoms with E-state index in [1.807, 2.05) is 0 Å². The van der Waals surface area contributed by atoms with Gasteiger partial charge >= 0.3 is 0 Å². The van der Waals surface area contributed by atoms with E-state index in [9.17, 15) is 14.4 Å². The number of rotatable bonds is 8. The Morgan fingerprint density at radius 3 is 2.46 bits per heavy atom. The topological polar surface area (TPSA) is 113 Å². The van der Waals surface area contributed by atoms with E-state index in [0.717, 1.165) is 11.4 Å². The third kappa shape index (κ3) is 7.06. The molecule has 0 saturated carbocycles. The number of aromatic nitrogens is 2. The monoisotopic (exact) mass is 443 g/mol. The van der Waals surface area contributed by atoms with Gasteiger partial charge in [0.15, 0.2) is 0 Å². The highest BCUT2D eigenvalue weighted by Gasteiger charge is 2.13. The van der Waals surface area contributed by atoms with Gasteiger partial charge in [-0.25, -0.2) is 0 Å². The Balaban J connectivity index is 1.73. The molecular formula is C17H19Cl2N5O3S. The second-order valence-electron chi connectivity index (χ2n) is 6.23. The Kier molecular flexibility index (Phi) is 8.16. The first-order valence-corrected chi connectivity index (χ1v) is 9.94. The molecule has 2 rings (SSSR count). The third-order valence-electron chi connectivity index (χ3n) is 3.33. The molecule has 0 saturated heterocycles. The summed E-state index contributed by atoms with van der Waals surface area (Å²) in [6.45, 7) is 3.57. The van der Waals surface area contributed by atoms with Crippen molar-refractivity contribution < 1.29 is 14.4 Å². The van der Waals surface area contributed by atoms with E-state index in [1.54, 1.807) is 0 Å². The lowest BCUT2D eigenvalue weighted by Gasteiger charge is -2.08. The molecule has 0 fully saturated rings. The second kappa shape index (κ2) is 10.4. The van der Waals surface area contributed by atoms with Gasteiger partial charge in [0.2, 0.25) is 16.9 Å². The number of hydrogen-bond acceptors (Lipinski definition) is 6. The Labute approximate surface area is 176 Å². The Morgan fingerprint density at radius 1 is 1.07 bits per heavy atom. The lowest BCUT2D eigenvalue weighted by molar-refractivity contribution is -0.123.